The minimum atomic E-state index is -0.137. The van der Waals surface area contributed by atoms with Crippen molar-refractivity contribution in [1.82, 2.24) is 0 Å². The van der Waals surface area contributed by atoms with Crippen LogP contribution >= 0.6 is 0 Å². The van der Waals surface area contributed by atoms with Gasteiger partial charge in [-0.2, -0.15) is 0 Å². The highest BCUT2D eigenvalue weighted by Crippen LogP contribution is 2.25. The van der Waals surface area contributed by atoms with Gasteiger partial charge in [0.1, 0.15) is 17.3 Å². The first kappa shape index (κ1) is 20.0. The first-order chi connectivity index (χ1) is 12.6. The zero-order chi connectivity index (χ0) is 18.8. The molecule has 1 unspecified atom stereocenters. The van der Waals surface area contributed by atoms with Crippen molar-refractivity contribution in [3.8, 4) is 11.5 Å². The Morgan fingerprint density at radius 2 is 1.58 bits per heavy atom. The zero-order valence-corrected chi connectivity index (χ0v) is 16.2. The van der Waals surface area contributed by atoms with Crippen LogP contribution in [0.3, 0.4) is 0 Å². The van der Waals surface area contributed by atoms with Crippen LogP contribution in [0.1, 0.15) is 56.6 Å². The van der Waals surface area contributed by atoms with Crippen molar-refractivity contribution in [2.75, 3.05) is 13.7 Å². The van der Waals surface area contributed by atoms with Crippen LogP contribution in [0.2, 0.25) is 0 Å². The molecule has 0 aromatic heterocycles. The van der Waals surface area contributed by atoms with Gasteiger partial charge in [-0.1, -0.05) is 50.5 Å². The summed E-state index contributed by atoms with van der Waals surface area (Å²) in [5.41, 5.74) is 2.16. The van der Waals surface area contributed by atoms with Gasteiger partial charge in [0.05, 0.1) is 13.7 Å². The number of hydrogen-bond donors (Lipinski definition) is 0. The Morgan fingerprint density at radius 1 is 0.923 bits per heavy atom. The van der Waals surface area contributed by atoms with E-state index in [9.17, 15) is 4.79 Å². The molecule has 2 aromatic carbocycles. The fourth-order valence-corrected chi connectivity index (χ4v) is 3.01. The third-order valence-corrected chi connectivity index (χ3v) is 4.64. The van der Waals surface area contributed by atoms with E-state index in [2.05, 4.69) is 19.1 Å². The number of ether oxygens (including phenoxy) is 2. The third kappa shape index (κ3) is 6.21. The van der Waals surface area contributed by atoms with Gasteiger partial charge in [0.2, 0.25) is 0 Å². The van der Waals surface area contributed by atoms with E-state index in [-0.39, 0.29) is 11.7 Å². The smallest absolute Gasteiger partial charge is 0.137 e. The van der Waals surface area contributed by atoms with Crippen LogP contribution in [0.5, 0.6) is 11.5 Å². The van der Waals surface area contributed by atoms with Gasteiger partial charge in [-0.15, -0.1) is 0 Å². The molecule has 0 spiro atoms. The molecule has 0 N–H and O–H groups in total. The summed E-state index contributed by atoms with van der Waals surface area (Å²) in [5.74, 6) is 1.73. The van der Waals surface area contributed by atoms with Gasteiger partial charge in [-0.25, -0.2) is 0 Å². The van der Waals surface area contributed by atoms with Crippen LogP contribution in [0.4, 0.5) is 0 Å². The molecule has 26 heavy (non-hydrogen) atoms. The van der Waals surface area contributed by atoms with Gasteiger partial charge in [-0.05, 0) is 55.2 Å². The van der Waals surface area contributed by atoms with Crippen molar-refractivity contribution in [2.24, 2.45) is 0 Å². The van der Waals surface area contributed by atoms with Gasteiger partial charge in [0.15, 0.2) is 0 Å². The number of methoxy groups -OCH3 is 1. The van der Waals surface area contributed by atoms with Gasteiger partial charge in [0, 0.05) is 5.92 Å². The fourth-order valence-electron chi connectivity index (χ4n) is 3.01. The molecule has 0 heterocycles. The summed E-state index contributed by atoms with van der Waals surface area (Å²) >= 11 is 0. The molecule has 3 heteroatoms. The Bertz CT molecular complexity index is 659. The Morgan fingerprint density at radius 3 is 2.15 bits per heavy atom. The second kappa shape index (κ2) is 10.6. The van der Waals surface area contributed by atoms with Crippen LogP contribution in [-0.2, 0) is 11.2 Å². The van der Waals surface area contributed by atoms with Crippen molar-refractivity contribution in [3.63, 3.8) is 0 Å². The van der Waals surface area contributed by atoms with E-state index in [0.717, 1.165) is 35.7 Å². The molecule has 2 rings (SSSR count). The van der Waals surface area contributed by atoms with E-state index in [0.29, 0.717) is 6.42 Å². The van der Waals surface area contributed by atoms with Gasteiger partial charge >= 0.3 is 0 Å². The Balaban J connectivity index is 1.94. The molecule has 0 fully saturated rings. The molecular weight excluding hydrogens is 324 g/mol. The molecular formula is C23H30O3. The standard InChI is InChI=1S/C23H30O3/c1-4-5-6-7-16-26-22-12-8-19(9-13-22)17-23(18(2)24)20-10-14-21(25-3)15-11-20/h8-15,23H,4-7,16-17H2,1-3H3. The molecule has 0 aliphatic rings. The number of benzene rings is 2. The van der Waals surface area contributed by atoms with E-state index in [1.165, 1.54) is 19.3 Å². The van der Waals surface area contributed by atoms with Crippen molar-refractivity contribution in [2.45, 2.75) is 51.9 Å². The third-order valence-electron chi connectivity index (χ3n) is 4.64. The highest BCUT2D eigenvalue weighted by Gasteiger charge is 2.17. The largest absolute Gasteiger partial charge is 0.497 e. The predicted molar refractivity (Wildman–Crippen MR) is 106 cm³/mol. The molecule has 1 atom stereocenters. The first-order valence-electron chi connectivity index (χ1n) is 9.50. The van der Waals surface area contributed by atoms with Crippen molar-refractivity contribution >= 4 is 5.78 Å². The average molecular weight is 354 g/mol. The number of carbonyl (C=O) groups is 1. The minimum Gasteiger partial charge on any atom is -0.497 e. The van der Waals surface area contributed by atoms with Crippen LogP contribution in [0, 0.1) is 0 Å². The summed E-state index contributed by atoms with van der Waals surface area (Å²) in [5, 5.41) is 0. The minimum absolute atomic E-state index is 0.137. The monoisotopic (exact) mass is 354 g/mol. The Labute approximate surface area is 157 Å². The molecule has 0 amide bonds. The van der Waals surface area contributed by atoms with Gasteiger partial charge in [-0.3, -0.25) is 4.79 Å². The molecule has 2 aromatic rings. The lowest BCUT2D eigenvalue weighted by Gasteiger charge is -2.15. The summed E-state index contributed by atoms with van der Waals surface area (Å²) < 4.78 is 11.0. The molecule has 0 saturated carbocycles. The maximum atomic E-state index is 12.1. The molecule has 0 saturated heterocycles. The molecule has 0 radical (unpaired) electrons. The number of hydrogen-bond acceptors (Lipinski definition) is 3. The number of unbranched alkanes of at least 4 members (excludes halogenated alkanes) is 3. The summed E-state index contributed by atoms with van der Waals surface area (Å²) in [6.07, 6.45) is 5.51. The number of carbonyl (C=O) groups excluding carboxylic acids is 1. The Hall–Kier alpha value is -2.29. The lowest BCUT2D eigenvalue weighted by atomic mass is 9.89. The quantitative estimate of drug-likeness (QED) is 0.495. The van der Waals surface area contributed by atoms with Crippen molar-refractivity contribution < 1.29 is 14.3 Å². The van der Waals surface area contributed by atoms with E-state index in [4.69, 9.17) is 9.47 Å². The van der Waals surface area contributed by atoms with Crippen LogP contribution in [-0.4, -0.2) is 19.5 Å². The highest BCUT2D eigenvalue weighted by atomic mass is 16.5. The van der Waals surface area contributed by atoms with Crippen molar-refractivity contribution in [3.05, 3.63) is 59.7 Å². The maximum Gasteiger partial charge on any atom is 0.137 e. The SMILES string of the molecule is CCCCCCOc1ccc(CC(C(C)=O)c2ccc(OC)cc2)cc1. The lowest BCUT2D eigenvalue weighted by molar-refractivity contribution is -0.118. The van der Waals surface area contributed by atoms with Crippen LogP contribution in [0.25, 0.3) is 0 Å². The van der Waals surface area contributed by atoms with Gasteiger partial charge in [0.25, 0.3) is 0 Å². The zero-order valence-electron chi connectivity index (χ0n) is 16.2. The number of rotatable bonds is 11. The van der Waals surface area contributed by atoms with Crippen molar-refractivity contribution in [1.29, 1.82) is 0 Å². The Kier molecular flexibility index (Phi) is 8.20. The summed E-state index contributed by atoms with van der Waals surface area (Å²) in [4.78, 5) is 12.1. The summed E-state index contributed by atoms with van der Waals surface area (Å²) in [6.45, 7) is 4.63. The predicted octanol–water partition coefficient (Wildman–Crippen LogP) is 5.57. The topological polar surface area (TPSA) is 35.5 Å². The summed E-state index contributed by atoms with van der Waals surface area (Å²) in [6, 6.07) is 15.9. The second-order valence-corrected chi connectivity index (χ2v) is 6.69. The first-order valence-corrected chi connectivity index (χ1v) is 9.50. The highest BCUT2D eigenvalue weighted by molar-refractivity contribution is 5.83. The van der Waals surface area contributed by atoms with E-state index >= 15 is 0 Å². The molecule has 0 aliphatic carbocycles. The van der Waals surface area contributed by atoms with Crippen LogP contribution in [0.15, 0.2) is 48.5 Å². The number of Topliss-reactive ketones (excluding diaryl/α,β-unsaturated/α-hetero) is 1. The van der Waals surface area contributed by atoms with E-state index < -0.39 is 0 Å². The lowest BCUT2D eigenvalue weighted by Crippen LogP contribution is -2.12. The van der Waals surface area contributed by atoms with Crippen LogP contribution < -0.4 is 9.47 Å². The fraction of sp³-hybridized carbons (Fsp3) is 0.435. The molecule has 0 bridgehead atoms. The number of ketones is 1. The van der Waals surface area contributed by atoms with E-state index in [1.54, 1.807) is 14.0 Å². The maximum absolute atomic E-state index is 12.1. The molecule has 3 nitrogen and oxygen atoms in total. The van der Waals surface area contributed by atoms with Gasteiger partial charge < -0.3 is 9.47 Å². The summed E-state index contributed by atoms with van der Waals surface area (Å²) in [7, 11) is 1.64. The molecule has 140 valence electrons. The second-order valence-electron chi connectivity index (χ2n) is 6.69. The van der Waals surface area contributed by atoms with E-state index in [1.807, 2.05) is 36.4 Å². The normalized spacial score (nSPS) is 11.8. The molecule has 0 aliphatic heterocycles. The average Bonchev–Trinajstić information content (AvgIpc) is 2.67.